The van der Waals surface area contributed by atoms with Gasteiger partial charge in [0.15, 0.2) is 12.4 Å². The Hall–Kier alpha value is -1.98. The fourth-order valence-electron chi connectivity index (χ4n) is 1.89. The Kier molecular flexibility index (Phi) is 4.58. The maximum atomic E-state index is 12.1. The van der Waals surface area contributed by atoms with E-state index in [4.69, 9.17) is 9.47 Å². The maximum absolute atomic E-state index is 12.1. The second-order valence-corrected chi connectivity index (χ2v) is 4.63. The SMILES string of the molecule is C=C(C)C(=O)OCC(=O)C1(CC(C)=O)CCOC1=O. The normalized spacial score (nSPS) is 21.7. The Morgan fingerprint density at radius 1 is 1.37 bits per heavy atom. The Bertz CT molecular complexity index is 450. The van der Waals surface area contributed by atoms with Crippen LogP contribution in [0.15, 0.2) is 12.2 Å². The predicted octanol–water partition coefficient (Wildman–Crippen LogP) is 0.587. The largest absolute Gasteiger partial charge is 0.465 e. The third-order valence-corrected chi connectivity index (χ3v) is 2.92. The second kappa shape index (κ2) is 5.77. The number of rotatable bonds is 6. The summed E-state index contributed by atoms with van der Waals surface area (Å²) in [6.45, 7) is 5.65. The highest BCUT2D eigenvalue weighted by Crippen LogP contribution is 2.35. The van der Waals surface area contributed by atoms with E-state index in [1.165, 1.54) is 13.8 Å². The lowest BCUT2D eigenvalue weighted by atomic mass is 9.78. The van der Waals surface area contributed by atoms with Crippen molar-refractivity contribution in [2.24, 2.45) is 5.41 Å². The van der Waals surface area contributed by atoms with Gasteiger partial charge in [-0.3, -0.25) is 14.4 Å². The fourth-order valence-corrected chi connectivity index (χ4v) is 1.89. The van der Waals surface area contributed by atoms with Crippen molar-refractivity contribution in [3.63, 3.8) is 0 Å². The summed E-state index contributed by atoms with van der Waals surface area (Å²) in [5.74, 6) is -2.34. The van der Waals surface area contributed by atoms with E-state index in [1.807, 2.05) is 0 Å². The monoisotopic (exact) mass is 268 g/mol. The average Bonchev–Trinajstić information content (AvgIpc) is 2.67. The maximum Gasteiger partial charge on any atom is 0.333 e. The molecule has 0 aromatic carbocycles. The molecule has 1 fully saturated rings. The number of ketones is 2. The van der Waals surface area contributed by atoms with Crippen LogP contribution in [0.5, 0.6) is 0 Å². The quantitative estimate of drug-likeness (QED) is 0.398. The van der Waals surface area contributed by atoms with Crippen LogP contribution in [0.25, 0.3) is 0 Å². The molecule has 1 heterocycles. The molecule has 0 N–H and O–H groups in total. The van der Waals surface area contributed by atoms with Crippen LogP contribution >= 0.6 is 0 Å². The zero-order chi connectivity index (χ0) is 14.6. The molecular weight excluding hydrogens is 252 g/mol. The minimum absolute atomic E-state index is 0.0896. The Labute approximate surface area is 110 Å². The third kappa shape index (κ3) is 3.27. The van der Waals surface area contributed by atoms with Crippen LogP contribution in [0.2, 0.25) is 0 Å². The van der Waals surface area contributed by atoms with Gasteiger partial charge < -0.3 is 9.47 Å². The lowest BCUT2D eigenvalue weighted by molar-refractivity contribution is -0.157. The summed E-state index contributed by atoms with van der Waals surface area (Å²) in [7, 11) is 0. The van der Waals surface area contributed by atoms with E-state index in [9.17, 15) is 19.2 Å². The minimum atomic E-state index is -1.50. The van der Waals surface area contributed by atoms with Gasteiger partial charge in [-0.2, -0.15) is 0 Å². The van der Waals surface area contributed by atoms with Crippen molar-refractivity contribution in [2.75, 3.05) is 13.2 Å². The van der Waals surface area contributed by atoms with E-state index in [1.54, 1.807) is 0 Å². The number of cyclic esters (lactones) is 1. The molecule has 1 atom stereocenters. The van der Waals surface area contributed by atoms with Crippen molar-refractivity contribution in [3.05, 3.63) is 12.2 Å². The zero-order valence-electron chi connectivity index (χ0n) is 11.0. The molecule has 1 unspecified atom stereocenters. The smallest absolute Gasteiger partial charge is 0.333 e. The molecule has 1 aliphatic rings. The first-order chi connectivity index (χ1) is 8.79. The molecule has 0 saturated carbocycles. The van der Waals surface area contributed by atoms with Gasteiger partial charge >= 0.3 is 11.9 Å². The number of esters is 2. The van der Waals surface area contributed by atoms with Crippen molar-refractivity contribution < 1.29 is 28.7 Å². The lowest BCUT2D eigenvalue weighted by Crippen LogP contribution is -2.40. The van der Waals surface area contributed by atoms with Gasteiger partial charge in [-0.1, -0.05) is 6.58 Å². The predicted molar refractivity (Wildman–Crippen MR) is 64.1 cm³/mol. The molecule has 0 bridgehead atoms. The summed E-state index contributed by atoms with van der Waals surface area (Å²) in [4.78, 5) is 46.2. The van der Waals surface area contributed by atoms with Crippen LogP contribution in [0.3, 0.4) is 0 Å². The highest BCUT2D eigenvalue weighted by molar-refractivity contribution is 6.08. The molecule has 0 amide bonds. The van der Waals surface area contributed by atoms with Crippen molar-refractivity contribution in [1.82, 2.24) is 0 Å². The van der Waals surface area contributed by atoms with E-state index < -0.39 is 29.7 Å². The molecule has 0 aromatic rings. The van der Waals surface area contributed by atoms with Gasteiger partial charge in [0.1, 0.15) is 11.2 Å². The number of Topliss-reactive ketones (excluding diaryl/α,β-unsaturated/α-hetero) is 2. The van der Waals surface area contributed by atoms with E-state index in [0.29, 0.717) is 0 Å². The second-order valence-electron chi connectivity index (χ2n) is 4.63. The summed E-state index contributed by atoms with van der Waals surface area (Å²) in [5, 5.41) is 0. The minimum Gasteiger partial charge on any atom is -0.465 e. The Morgan fingerprint density at radius 2 is 2.00 bits per heavy atom. The molecule has 0 spiro atoms. The van der Waals surface area contributed by atoms with Gasteiger partial charge in [0.2, 0.25) is 0 Å². The average molecular weight is 268 g/mol. The molecule has 6 nitrogen and oxygen atoms in total. The third-order valence-electron chi connectivity index (χ3n) is 2.92. The lowest BCUT2D eigenvalue weighted by Gasteiger charge is -2.21. The van der Waals surface area contributed by atoms with Gasteiger partial charge in [0, 0.05) is 18.4 Å². The molecule has 19 heavy (non-hydrogen) atoms. The molecular formula is C13H16O6. The van der Waals surface area contributed by atoms with Crippen LogP contribution in [0.1, 0.15) is 26.7 Å². The first kappa shape index (κ1) is 15.1. The van der Waals surface area contributed by atoms with Crippen molar-refractivity contribution >= 4 is 23.5 Å². The number of hydrogen-bond donors (Lipinski definition) is 0. The summed E-state index contributed by atoms with van der Waals surface area (Å²) in [5.41, 5.74) is -1.34. The van der Waals surface area contributed by atoms with Crippen molar-refractivity contribution in [2.45, 2.75) is 26.7 Å². The molecule has 104 valence electrons. The summed E-state index contributed by atoms with van der Waals surface area (Å²) >= 11 is 0. The van der Waals surface area contributed by atoms with Crippen LogP contribution in [0, 0.1) is 5.41 Å². The number of carbonyl (C=O) groups is 4. The van der Waals surface area contributed by atoms with Gasteiger partial charge in [0.25, 0.3) is 0 Å². The van der Waals surface area contributed by atoms with Crippen LogP contribution in [-0.4, -0.2) is 36.7 Å². The van der Waals surface area contributed by atoms with Crippen LogP contribution in [0.4, 0.5) is 0 Å². The summed E-state index contributed by atoms with van der Waals surface area (Å²) < 4.78 is 9.50. The van der Waals surface area contributed by atoms with Crippen molar-refractivity contribution in [1.29, 1.82) is 0 Å². The van der Waals surface area contributed by atoms with Gasteiger partial charge in [-0.05, 0) is 13.8 Å². The Morgan fingerprint density at radius 3 is 2.42 bits per heavy atom. The van der Waals surface area contributed by atoms with Crippen LogP contribution < -0.4 is 0 Å². The van der Waals surface area contributed by atoms with Crippen LogP contribution in [-0.2, 0) is 28.7 Å². The first-order valence-corrected chi connectivity index (χ1v) is 5.82. The van der Waals surface area contributed by atoms with Gasteiger partial charge in [-0.25, -0.2) is 4.79 Å². The number of ether oxygens (including phenoxy) is 2. The Balaban J connectivity index is 2.79. The molecule has 0 radical (unpaired) electrons. The van der Waals surface area contributed by atoms with E-state index in [2.05, 4.69) is 6.58 Å². The molecule has 1 aliphatic heterocycles. The number of hydrogen-bond acceptors (Lipinski definition) is 6. The fraction of sp³-hybridized carbons (Fsp3) is 0.538. The molecule has 0 aromatic heterocycles. The zero-order valence-corrected chi connectivity index (χ0v) is 11.0. The number of carbonyl (C=O) groups excluding carboxylic acids is 4. The summed E-state index contributed by atoms with van der Waals surface area (Å²) in [6, 6.07) is 0. The van der Waals surface area contributed by atoms with E-state index in [0.717, 1.165) is 0 Å². The highest BCUT2D eigenvalue weighted by atomic mass is 16.5. The highest BCUT2D eigenvalue weighted by Gasteiger charge is 2.51. The molecule has 0 aliphatic carbocycles. The molecule has 1 rings (SSSR count). The van der Waals surface area contributed by atoms with Gasteiger partial charge in [0.05, 0.1) is 6.61 Å². The topological polar surface area (TPSA) is 86.7 Å². The molecule has 1 saturated heterocycles. The first-order valence-electron chi connectivity index (χ1n) is 5.82. The standard InChI is InChI=1S/C13H16O6/c1-8(2)11(16)19-7-10(15)13(6-9(3)14)4-5-18-12(13)17/h1,4-7H2,2-3H3. The van der Waals surface area contributed by atoms with Crippen molar-refractivity contribution in [3.8, 4) is 0 Å². The van der Waals surface area contributed by atoms with E-state index in [-0.39, 0.29) is 30.8 Å². The van der Waals surface area contributed by atoms with Gasteiger partial charge in [-0.15, -0.1) is 0 Å². The summed E-state index contributed by atoms with van der Waals surface area (Å²) in [6.07, 6.45) is -0.0931. The molecule has 6 heteroatoms. The van der Waals surface area contributed by atoms with E-state index >= 15 is 0 Å².